The summed E-state index contributed by atoms with van der Waals surface area (Å²) in [7, 11) is 0. The summed E-state index contributed by atoms with van der Waals surface area (Å²) in [5.41, 5.74) is 0. The van der Waals surface area contributed by atoms with Crippen LogP contribution in [0.1, 0.15) is 58.8 Å². The van der Waals surface area contributed by atoms with E-state index in [-0.39, 0.29) is 6.03 Å². The van der Waals surface area contributed by atoms with Crippen LogP contribution in [0.2, 0.25) is 4.34 Å². The summed E-state index contributed by atoms with van der Waals surface area (Å²) >= 11 is 7.25. The fourth-order valence-corrected chi connectivity index (χ4v) is 5.21. The Hall–Kier alpha value is -0.810. The zero-order valence-corrected chi connectivity index (χ0v) is 15.5. The number of carbonyl (C=O) groups is 1. The van der Waals surface area contributed by atoms with Crippen LogP contribution in [0.25, 0.3) is 0 Å². The zero-order chi connectivity index (χ0) is 16.4. The van der Waals surface area contributed by atoms with E-state index < -0.39 is 0 Å². The highest BCUT2D eigenvalue weighted by atomic mass is 35.5. The van der Waals surface area contributed by atoms with Crippen molar-refractivity contribution in [1.82, 2.24) is 9.88 Å². The molecule has 3 rings (SSSR count). The van der Waals surface area contributed by atoms with Crippen LogP contribution >= 0.6 is 22.9 Å². The van der Waals surface area contributed by atoms with Crippen LogP contribution in [0.5, 0.6) is 0 Å². The van der Waals surface area contributed by atoms with Crippen molar-refractivity contribution in [3.8, 4) is 0 Å². The van der Waals surface area contributed by atoms with Crippen LogP contribution in [0.15, 0.2) is 6.20 Å². The van der Waals surface area contributed by atoms with Crippen LogP contribution in [-0.4, -0.2) is 28.0 Å². The Balaban J connectivity index is 1.75. The lowest BCUT2D eigenvalue weighted by molar-refractivity contribution is 0.103. The lowest BCUT2D eigenvalue weighted by Crippen LogP contribution is -2.50. The Morgan fingerprint density at radius 3 is 2.43 bits per heavy atom. The van der Waals surface area contributed by atoms with Crippen molar-refractivity contribution < 1.29 is 4.79 Å². The van der Waals surface area contributed by atoms with Crippen molar-refractivity contribution in [3.63, 3.8) is 0 Å². The second kappa shape index (κ2) is 7.39. The van der Waals surface area contributed by atoms with Gasteiger partial charge in [0, 0.05) is 12.1 Å². The number of nitrogens with one attached hydrogen (secondary N) is 1. The van der Waals surface area contributed by atoms with Crippen molar-refractivity contribution in [2.24, 2.45) is 11.8 Å². The molecule has 0 radical (unpaired) electrons. The SMILES string of the molecule is CC1CC(C)CC(N(C(=O)Nc2ncc(Cl)s2)C2CCCC2)C1. The predicted molar refractivity (Wildman–Crippen MR) is 96.2 cm³/mol. The van der Waals surface area contributed by atoms with Crippen molar-refractivity contribution in [1.29, 1.82) is 0 Å². The summed E-state index contributed by atoms with van der Waals surface area (Å²) in [6, 6.07) is 0.745. The van der Waals surface area contributed by atoms with Crippen LogP contribution in [0.4, 0.5) is 9.93 Å². The molecule has 6 heteroatoms. The second-order valence-corrected chi connectivity index (χ2v) is 8.98. The first-order chi connectivity index (χ1) is 11.0. The third-order valence-electron chi connectivity index (χ3n) is 5.19. The van der Waals surface area contributed by atoms with Gasteiger partial charge >= 0.3 is 6.03 Å². The molecule has 0 bridgehead atoms. The van der Waals surface area contributed by atoms with Gasteiger partial charge in [-0.05, 0) is 43.9 Å². The van der Waals surface area contributed by atoms with Crippen LogP contribution in [-0.2, 0) is 0 Å². The van der Waals surface area contributed by atoms with Gasteiger partial charge in [0.25, 0.3) is 0 Å². The molecule has 0 spiro atoms. The number of halogens is 1. The third kappa shape index (κ3) is 4.18. The number of amides is 2. The molecule has 2 aliphatic rings. The molecule has 2 unspecified atom stereocenters. The Bertz CT molecular complexity index is 534. The molecule has 2 atom stereocenters. The Kier molecular flexibility index (Phi) is 5.47. The minimum atomic E-state index is 0.00853. The van der Waals surface area contributed by atoms with E-state index in [0.29, 0.717) is 33.4 Å². The summed E-state index contributed by atoms with van der Waals surface area (Å²) in [6.45, 7) is 4.63. The van der Waals surface area contributed by atoms with Gasteiger partial charge in [-0.2, -0.15) is 0 Å². The van der Waals surface area contributed by atoms with E-state index in [1.807, 2.05) is 0 Å². The van der Waals surface area contributed by atoms with Crippen LogP contribution in [0.3, 0.4) is 0 Å². The van der Waals surface area contributed by atoms with Gasteiger partial charge < -0.3 is 4.90 Å². The van der Waals surface area contributed by atoms with Gasteiger partial charge in [-0.1, -0.05) is 49.6 Å². The highest BCUT2D eigenvalue weighted by Gasteiger charge is 2.36. The quantitative estimate of drug-likeness (QED) is 0.789. The lowest BCUT2D eigenvalue weighted by atomic mass is 9.79. The van der Waals surface area contributed by atoms with Gasteiger partial charge in [-0.3, -0.25) is 5.32 Å². The fraction of sp³-hybridized carbons (Fsp3) is 0.765. The Labute approximate surface area is 147 Å². The molecule has 0 saturated heterocycles. The van der Waals surface area contributed by atoms with E-state index in [1.165, 1.54) is 30.6 Å². The minimum absolute atomic E-state index is 0.00853. The molecule has 1 N–H and O–H groups in total. The van der Waals surface area contributed by atoms with Crippen molar-refractivity contribution >= 4 is 34.1 Å². The molecule has 2 aliphatic carbocycles. The van der Waals surface area contributed by atoms with Gasteiger partial charge in [0.2, 0.25) is 0 Å². The average molecular weight is 356 g/mol. The molecule has 1 aromatic rings. The van der Waals surface area contributed by atoms with Gasteiger partial charge in [-0.15, -0.1) is 0 Å². The number of nitrogens with zero attached hydrogens (tertiary/aromatic N) is 2. The highest BCUT2D eigenvalue weighted by molar-refractivity contribution is 7.19. The van der Waals surface area contributed by atoms with Crippen molar-refractivity contribution in [2.45, 2.75) is 70.9 Å². The molecular formula is C17H26ClN3OS. The summed E-state index contributed by atoms with van der Waals surface area (Å²) in [5.74, 6) is 1.38. The zero-order valence-electron chi connectivity index (χ0n) is 13.9. The maximum atomic E-state index is 13.0. The molecule has 23 heavy (non-hydrogen) atoms. The minimum Gasteiger partial charge on any atom is -0.318 e. The lowest BCUT2D eigenvalue weighted by Gasteiger charge is -2.42. The van der Waals surface area contributed by atoms with Gasteiger partial charge in [0.1, 0.15) is 4.34 Å². The molecule has 0 aromatic carbocycles. The second-order valence-electron chi connectivity index (χ2n) is 7.32. The number of hydrogen-bond donors (Lipinski definition) is 1. The molecule has 2 saturated carbocycles. The van der Waals surface area contributed by atoms with Crippen LogP contribution in [0, 0.1) is 11.8 Å². The summed E-state index contributed by atoms with van der Waals surface area (Å²) in [5, 5.41) is 3.57. The highest BCUT2D eigenvalue weighted by Crippen LogP contribution is 2.36. The normalized spacial score (nSPS) is 28.7. The number of anilines is 1. The number of hydrogen-bond acceptors (Lipinski definition) is 3. The van der Waals surface area contributed by atoms with E-state index in [1.54, 1.807) is 6.20 Å². The number of aromatic nitrogens is 1. The molecular weight excluding hydrogens is 330 g/mol. The largest absolute Gasteiger partial charge is 0.324 e. The van der Waals surface area contributed by atoms with E-state index in [2.05, 4.69) is 29.0 Å². The van der Waals surface area contributed by atoms with Gasteiger partial charge in [0.05, 0.1) is 6.20 Å². The summed E-state index contributed by atoms with van der Waals surface area (Å²) in [6.07, 6.45) is 9.83. The third-order valence-corrected chi connectivity index (χ3v) is 6.22. The smallest absolute Gasteiger partial charge is 0.318 e. The molecule has 0 aliphatic heterocycles. The van der Waals surface area contributed by atoms with Crippen molar-refractivity contribution in [3.05, 3.63) is 10.5 Å². The summed E-state index contributed by atoms with van der Waals surface area (Å²) in [4.78, 5) is 19.3. The van der Waals surface area contributed by atoms with Gasteiger partial charge in [-0.25, -0.2) is 9.78 Å². The number of thiazole rings is 1. The van der Waals surface area contributed by atoms with E-state index in [0.717, 1.165) is 25.7 Å². The average Bonchev–Trinajstić information content (AvgIpc) is 3.10. The maximum absolute atomic E-state index is 13.0. The monoisotopic (exact) mass is 355 g/mol. The van der Waals surface area contributed by atoms with E-state index in [4.69, 9.17) is 11.6 Å². The van der Waals surface area contributed by atoms with E-state index in [9.17, 15) is 4.79 Å². The van der Waals surface area contributed by atoms with Crippen molar-refractivity contribution in [2.75, 3.05) is 5.32 Å². The molecule has 1 aromatic heterocycles. The number of rotatable bonds is 3. The molecule has 2 fully saturated rings. The van der Waals surface area contributed by atoms with Gasteiger partial charge in [0.15, 0.2) is 5.13 Å². The summed E-state index contributed by atoms with van der Waals surface area (Å²) < 4.78 is 0.604. The molecule has 2 amide bonds. The Morgan fingerprint density at radius 1 is 1.22 bits per heavy atom. The van der Waals surface area contributed by atoms with E-state index >= 15 is 0 Å². The number of carbonyl (C=O) groups excluding carboxylic acids is 1. The maximum Gasteiger partial charge on any atom is 0.324 e. The Morgan fingerprint density at radius 2 is 1.87 bits per heavy atom. The first-order valence-corrected chi connectivity index (χ1v) is 9.93. The fourth-order valence-electron chi connectivity index (χ4n) is 4.41. The molecule has 4 nitrogen and oxygen atoms in total. The predicted octanol–water partition coefficient (Wildman–Crippen LogP) is 5.40. The van der Waals surface area contributed by atoms with Crippen LogP contribution < -0.4 is 5.32 Å². The number of urea groups is 1. The molecule has 128 valence electrons. The first kappa shape index (κ1) is 17.0. The topological polar surface area (TPSA) is 45.2 Å². The standard InChI is InChI=1S/C17H26ClN3OS/c1-11-7-12(2)9-14(8-11)21(13-5-3-4-6-13)17(22)20-16-19-10-15(18)23-16/h10-14H,3-9H2,1-2H3,(H,19,20,22). The first-order valence-electron chi connectivity index (χ1n) is 8.73. The molecule has 1 heterocycles.